The van der Waals surface area contributed by atoms with Crippen LogP contribution in [0, 0.1) is 5.82 Å². The Morgan fingerprint density at radius 1 is 1.19 bits per heavy atom. The van der Waals surface area contributed by atoms with Gasteiger partial charge in [0.25, 0.3) is 0 Å². The van der Waals surface area contributed by atoms with E-state index in [0.29, 0.717) is 10.9 Å². The van der Waals surface area contributed by atoms with Gasteiger partial charge in [0.1, 0.15) is 21.6 Å². The van der Waals surface area contributed by atoms with Crippen molar-refractivity contribution in [2.75, 3.05) is 0 Å². The lowest BCUT2D eigenvalue weighted by atomic mass is 10.3. The number of rotatable bonds is 3. The van der Waals surface area contributed by atoms with Gasteiger partial charge in [-0.15, -0.1) is 0 Å². The monoisotopic (exact) mass is 326 g/mol. The zero-order chi connectivity index (χ0) is 15.0. The molecule has 21 heavy (non-hydrogen) atoms. The molecule has 0 radical (unpaired) electrons. The number of benzene rings is 2. The van der Waals surface area contributed by atoms with Gasteiger partial charge in [-0.3, -0.25) is 5.10 Å². The second-order valence-corrected chi connectivity index (χ2v) is 6.14. The van der Waals surface area contributed by atoms with E-state index in [9.17, 15) is 12.8 Å². The smallest absolute Gasteiger partial charge is 0.339 e. The fraction of sp³-hybridized carbons (Fsp3) is 0. The van der Waals surface area contributed by atoms with E-state index in [4.69, 9.17) is 15.8 Å². The van der Waals surface area contributed by atoms with Crippen molar-refractivity contribution in [1.82, 2.24) is 10.2 Å². The van der Waals surface area contributed by atoms with Crippen molar-refractivity contribution in [3.8, 4) is 5.75 Å². The SMILES string of the molecule is O=S(=O)(Oc1cccc(F)c1)c1ccc2n[nH]c(Cl)c2c1. The lowest BCUT2D eigenvalue weighted by molar-refractivity contribution is 0.483. The van der Waals surface area contributed by atoms with Crippen LogP contribution in [0.5, 0.6) is 5.75 Å². The number of hydrogen-bond donors (Lipinski definition) is 1. The minimum atomic E-state index is -4.08. The Morgan fingerprint density at radius 3 is 2.76 bits per heavy atom. The highest BCUT2D eigenvalue weighted by atomic mass is 35.5. The molecule has 0 aliphatic carbocycles. The summed E-state index contributed by atoms with van der Waals surface area (Å²) < 4.78 is 42.3. The third kappa shape index (κ3) is 2.70. The van der Waals surface area contributed by atoms with Crippen LogP contribution in [0.15, 0.2) is 47.4 Å². The van der Waals surface area contributed by atoms with Gasteiger partial charge in [0, 0.05) is 11.5 Å². The van der Waals surface area contributed by atoms with E-state index in [2.05, 4.69) is 10.2 Å². The largest absolute Gasteiger partial charge is 0.379 e. The summed E-state index contributed by atoms with van der Waals surface area (Å²) in [6.07, 6.45) is 0. The van der Waals surface area contributed by atoms with Crippen LogP contribution in [-0.4, -0.2) is 18.6 Å². The third-order valence-corrected chi connectivity index (χ3v) is 4.30. The normalized spacial score (nSPS) is 11.7. The predicted molar refractivity (Wildman–Crippen MR) is 75.3 cm³/mol. The molecule has 2 aromatic carbocycles. The average Bonchev–Trinajstić information content (AvgIpc) is 2.79. The van der Waals surface area contributed by atoms with Crippen molar-refractivity contribution < 1.29 is 17.0 Å². The van der Waals surface area contributed by atoms with Gasteiger partial charge >= 0.3 is 10.1 Å². The molecular weight excluding hydrogens is 319 g/mol. The molecule has 108 valence electrons. The molecule has 1 aromatic heterocycles. The van der Waals surface area contributed by atoms with Crippen LogP contribution in [0.4, 0.5) is 4.39 Å². The number of aromatic amines is 1. The number of H-pyrrole nitrogens is 1. The van der Waals surface area contributed by atoms with E-state index in [-0.39, 0.29) is 15.8 Å². The molecule has 0 bridgehead atoms. The van der Waals surface area contributed by atoms with Gasteiger partial charge in [-0.2, -0.15) is 13.5 Å². The summed E-state index contributed by atoms with van der Waals surface area (Å²) >= 11 is 5.87. The Bertz CT molecular complexity index is 924. The molecule has 0 atom stereocenters. The lowest BCUT2D eigenvalue weighted by Gasteiger charge is -2.07. The van der Waals surface area contributed by atoms with Crippen molar-refractivity contribution in [2.45, 2.75) is 4.90 Å². The van der Waals surface area contributed by atoms with Crippen LogP contribution in [0.25, 0.3) is 10.9 Å². The first-order chi connectivity index (χ1) is 9.95. The number of halogens is 2. The molecule has 0 saturated heterocycles. The molecule has 1 N–H and O–H groups in total. The maximum atomic E-state index is 13.1. The van der Waals surface area contributed by atoms with Crippen molar-refractivity contribution in [3.05, 3.63) is 53.4 Å². The molecule has 8 heteroatoms. The number of aromatic nitrogens is 2. The van der Waals surface area contributed by atoms with Crippen molar-refractivity contribution in [2.24, 2.45) is 0 Å². The van der Waals surface area contributed by atoms with E-state index < -0.39 is 15.9 Å². The van der Waals surface area contributed by atoms with E-state index in [1.807, 2.05) is 0 Å². The fourth-order valence-electron chi connectivity index (χ4n) is 1.81. The first-order valence-corrected chi connectivity index (χ1v) is 7.58. The van der Waals surface area contributed by atoms with Crippen LogP contribution in [-0.2, 0) is 10.1 Å². The molecule has 3 rings (SSSR count). The van der Waals surface area contributed by atoms with Crippen LogP contribution < -0.4 is 4.18 Å². The summed E-state index contributed by atoms with van der Waals surface area (Å²) in [7, 11) is -4.08. The molecule has 0 saturated carbocycles. The van der Waals surface area contributed by atoms with Crippen LogP contribution in [0.3, 0.4) is 0 Å². The number of fused-ring (bicyclic) bond motifs is 1. The molecule has 0 amide bonds. The topological polar surface area (TPSA) is 72.1 Å². The average molecular weight is 327 g/mol. The first kappa shape index (κ1) is 13.8. The maximum Gasteiger partial charge on any atom is 0.339 e. The van der Waals surface area contributed by atoms with E-state index in [1.54, 1.807) is 0 Å². The summed E-state index contributed by atoms with van der Waals surface area (Å²) in [6.45, 7) is 0. The molecule has 0 spiro atoms. The number of nitrogens with zero attached hydrogens (tertiary/aromatic N) is 1. The Morgan fingerprint density at radius 2 is 2.00 bits per heavy atom. The van der Waals surface area contributed by atoms with Gasteiger partial charge in [0.05, 0.1) is 5.52 Å². The zero-order valence-electron chi connectivity index (χ0n) is 10.4. The summed E-state index contributed by atoms with van der Waals surface area (Å²) in [4.78, 5) is -0.0949. The highest BCUT2D eigenvalue weighted by molar-refractivity contribution is 7.87. The summed E-state index contributed by atoms with van der Waals surface area (Å²) in [5.74, 6) is -0.690. The second-order valence-electron chi connectivity index (χ2n) is 4.21. The highest BCUT2D eigenvalue weighted by Crippen LogP contribution is 2.25. The Kier molecular flexibility index (Phi) is 3.30. The van der Waals surface area contributed by atoms with Crippen molar-refractivity contribution in [3.63, 3.8) is 0 Å². The number of nitrogens with one attached hydrogen (secondary N) is 1. The van der Waals surface area contributed by atoms with Gasteiger partial charge in [-0.1, -0.05) is 17.7 Å². The second kappa shape index (κ2) is 5.01. The van der Waals surface area contributed by atoms with E-state index in [1.165, 1.54) is 36.4 Å². The maximum absolute atomic E-state index is 13.1. The molecule has 0 fully saturated rings. The number of hydrogen-bond acceptors (Lipinski definition) is 4. The first-order valence-electron chi connectivity index (χ1n) is 5.79. The standard InChI is InChI=1S/C13H8ClFN2O3S/c14-13-11-7-10(4-5-12(11)16-17-13)21(18,19)20-9-3-1-2-8(15)6-9/h1-7H,(H,16,17). The van der Waals surface area contributed by atoms with E-state index in [0.717, 1.165) is 6.07 Å². The van der Waals surface area contributed by atoms with Crippen LogP contribution >= 0.6 is 11.6 Å². The van der Waals surface area contributed by atoms with Gasteiger partial charge in [-0.05, 0) is 30.3 Å². The third-order valence-electron chi connectivity index (χ3n) is 2.77. The lowest BCUT2D eigenvalue weighted by Crippen LogP contribution is -2.09. The van der Waals surface area contributed by atoms with Gasteiger partial charge in [0.2, 0.25) is 0 Å². The molecular formula is C13H8ClFN2O3S. The Balaban J connectivity index is 2.01. The van der Waals surface area contributed by atoms with Gasteiger partial charge in [-0.25, -0.2) is 4.39 Å². The molecule has 0 aliphatic rings. The predicted octanol–water partition coefficient (Wildman–Crippen LogP) is 3.12. The molecule has 3 aromatic rings. The molecule has 1 heterocycles. The van der Waals surface area contributed by atoms with Crippen molar-refractivity contribution in [1.29, 1.82) is 0 Å². The minimum Gasteiger partial charge on any atom is -0.379 e. The highest BCUT2D eigenvalue weighted by Gasteiger charge is 2.18. The zero-order valence-corrected chi connectivity index (χ0v) is 12.0. The van der Waals surface area contributed by atoms with Gasteiger partial charge in [0.15, 0.2) is 0 Å². The minimum absolute atomic E-state index is 0.0949. The van der Waals surface area contributed by atoms with E-state index >= 15 is 0 Å². The Hall–Kier alpha value is -2.12. The van der Waals surface area contributed by atoms with Crippen molar-refractivity contribution >= 4 is 32.6 Å². The Labute approximate surface area is 124 Å². The summed E-state index contributed by atoms with van der Waals surface area (Å²) in [5, 5.41) is 7.13. The molecule has 0 aliphatic heterocycles. The van der Waals surface area contributed by atoms with Crippen LogP contribution in [0.1, 0.15) is 0 Å². The fourth-order valence-corrected chi connectivity index (χ4v) is 2.95. The summed E-state index contributed by atoms with van der Waals surface area (Å²) in [6, 6.07) is 9.07. The van der Waals surface area contributed by atoms with Gasteiger partial charge < -0.3 is 4.18 Å². The molecule has 5 nitrogen and oxygen atoms in total. The summed E-state index contributed by atoms with van der Waals surface area (Å²) in [5.41, 5.74) is 0.532. The quantitative estimate of drug-likeness (QED) is 0.751. The van der Waals surface area contributed by atoms with Crippen LogP contribution in [0.2, 0.25) is 5.15 Å². The molecule has 0 unspecified atom stereocenters.